The number of aryl methyl sites for hydroxylation is 2. The Morgan fingerprint density at radius 3 is 2.68 bits per heavy atom. The van der Waals surface area contributed by atoms with E-state index in [9.17, 15) is 4.79 Å². The van der Waals surface area contributed by atoms with Gasteiger partial charge in [0.2, 0.25) is 0 Å². The lowest BCUT2D eigenvalue weighted by Gasteiger charge is -2.17. The van der Waals surface area contributed by atoms with E-state index in [0.29, 0.717) is 23.4 Å². The second-order valence-electron chi connectivity index (χ2n) is 9.20. The summed E-state index contributed by atoms with van der Waals surface area (Å²) in [6, 6.07) is 7.92. The van der Waals surface area contributed by atoms with Crippen molar-refractivity contribution in [3.05, 3.63) is 59.3 Å². The van der Waals surface area contributed by atoms with Crippen molar-refractivity contribution in [3.63, 3.8) is 0 Å². The number of anilines is 1. The van der Waals surface area contributed by atoms with Crippen LogP contribution in [-0.2, 0) is 6.54 Å². The fraction of sp³-hybridized carbons (Fsp3) is 0.385. The van der Waals surface area contributed by atoms with Gasteiger partial charge >= 0.3 is 0 Å². The van der Waals surface area contributed by atoms with E-state index >= 15 is 0 Å². The zero-order valence-electron chi connectivity index (χ0n) is 20.1. The number of pyridine rings is 2. The van der Waals surface area contributed by atoms with E-state index in [1.165, 1.54) is 12.8 Å². The summed E-state index contributed by atoms with van der Waals surface area (Å²) < 4.78 is 7.58. The van der Waals surface area contributed by atoms with E-state index in [0.717, 1.165) is 46.9 Å². The fourth-order valence-electron chi connectivity index (χ4n) is 4.57. The van der Waals surface area contributed by atoms with Gasteiger partial charge in [0, 0.05) is 37.4 Å². The van der Waals surface area contributed by atoms with Gasteiger partial charge in [-0.05, 0) is 70.4 Å². The van der Waals surface area contributed by atoms with Gasteiger partial charge in [0.15, 0.2) is 5.65 Å². The van der Waals surface area contributed by atoms with Gasteiger partial charge in [-0.2, -0.15) is 5.10 Å². The maximum Gasteiger partial charge on any atom is 0.252 e. The summed E-state index contributed by atoms with van der Waals surface area (Å²) in [5, 5.41) is 8.34. The lowest BCUT2D eigenvalue weighted by Crippen LogP contribution is -2.24. The normalized spacial score (nSPS) is 13.9. The van der Waals surface area contributed by atoms with Gasteiger partial charge in [-0.15, -0.1) is 0 Å². The Labute approximate surface area is 199 Å². The first-order chi connectivity index (χ1) is 16.4. The van der Waals surface area contributed by atoms with Crippen LogP contribution in [0.5, 0.6) is 0 Å². The number of carbonyl (C=O) groups excluding carboxylic acids is 1. The maximum atomic E-state index is 13.4. The van der Waals surface area contributed by atoms with Crippen LogP contribution in [0, 0.1) is 13.8 Å². The third-order valence-corrected chi connectivity index (χ3v) is 6.31. The summed E-state index contributed by atoms with van der Waals surface area (Å²) in [4.78, 5) is 25.1. The number of furan rings is 1. The molecule has 1 N–H and O–H groups in total. The molecule has 1 saturated heterocycles. The Balaban J connectivity index is 1.47. The Morgan fingerprint density at radius 2 is 1.97 bits per heavy atom. The average molecular weight is 459 g/mol. The van der Waals surface area contributed by atoms with Gasteiger partial charge in [-0.3, -0.25) is 4.79 Å². The molecule has 1 fully saturated rings. The van der Waals surface area contributed by atoms with E-state index in [-0.39, 0.29) is 11.9 Å². The van der Waals surface area contributed by atoms with Crippen LogP contribution in [0.3, 0.4) is 0 Å². The number of hydrogen-bond donors (Lipinski definition) is 1. The smallest absolute Gasteiger partial charge is 0.252 e. The van der Waals surface area contributed by atoms with Crippen LogP contribution in [0.1, 0.15) is 60.2 Å². The first-order valence-electron chi connectivity index (χ1n) is 11.8. The monoisotopic (exact) mass is 458 g/mol. The van der Waals surface area contributed by atoms with Crippen LogP contribution in [0.2, 0.25) is 0 Å². The van der Waals surface area contributed by atoms with E-state index in [1.54, 1.807) is 6.20 Å². The molecule has 1 amide bonds. The lowest BCUT2D eigenvalue weighted by molar-refractivity contribution is 0.0952. The van der Waals surface area contributed by atoms with Crippen molar-refractivity contribution in [1.82, 2.24) is 25.1 Å². The highest BCUT2D eigenvalue weighted by Crippen LogP contribution is 2.30. The highest BCUT2D eigenvalue weighted by molar-refractivity contribution is 6.06. The summed E-state index contributed by atoms with van der Waals surface area (Å²) in [6.07, 6.45) is 5.94. The van der Waals surface area contributed by atoms with Crippen molar-refractivity contribution in [2.75, 3.05) is 18.0 Å². The summed E-state index contributed by atoms with van der Waals surface area (Å²) in [5.41, 5.74) is 3.86. The van der Waals surface area contributed by atoms with Gasteiger partial charge in [0.25, 0.3) is 5.91 Å². The van der Waals surface area contributed by atoms with Crippen LogP contribution in [-0.4, -0.2) is 38.7 Å². The highest BCUT2D eigenvalue weighted by Gasteiger charge is 2.20. The molecule has 4 aromatic heterocycles. The van der Waals surface area contributed by atoms with Gasteiger partial charge in [0.05, 0.1) is 22.8 Å². The SMILES string of the molecule is Cc1cc(-c2cc(C(=O)NCc3ccnc(N4CCCC4)c3)c3cnn(C(C)C)c3n2)c(C)o1. The molecule has 1 aliphatic rings. The molecule has 8 heteroatoms. The van der Waals surface area contributed by atoms with E-state index in [1.807, 2.05) is 42.9 Å². The van der Waals surface area contributed by atoms with Crippen LogP contribution in [0.15, 0.2) is 41.1 Å². The maximum absolute atomic E-state index is 13.4. The van der Waals surface area contributed by atoms with Crippen molar-refractivity contribution in [2.45, 2.75) is 53.1 Å². The second kappa shape index (κ2) is 8.93. The average Bonchev–Trinajstić information content (AvgIpc) is 3.56. The predicted molar refractivity (Wildman–Crippen MR) is 132 cm³/mol. The Hall–Kier alpha value is -3.68. The molecule has 0 unspecified atom stereocenters. The molecule has 0 spiro atoms. The van der Waals surface area contributed by atoms with Crippen molar-refractivity contribution >= 4 is 22.8 Å². The van der Waals surface area contributed by atoms with Crippen molar-refractivity contribution in [1.29, 1.82) is 0 Å². The first-order valence-corrected chi connectivity index (χ1v) is 11.8. The molecule has 0 atom stereocenters. The van der Waals surface area contributed by atoms with Crippen LogP contribution < -0.4 is 10.2 Å². The van der Waals surface area contributed by atoms with E-state index in [4.69, 9.17) is 9.40 Å². The van der Waals surface area contributed by atoms with Crippen molar-refractivity contribution in [2.24, 2.45) is 0 Å². The van der Waals surface area contributed by atoms with Crippen molar-refractivity contribution in [3.8, 4) is 11.3 Å². The minimum absolute atomic E-state index is 0.115. The molecule has 34 heavy (non-hydrogen) atoms. The van der Waals surface area contributed by atoms with Crippen LogP contribution >= 0.6 is 0 Å². The molecular formula is C26H30N6O2. The molecule has 0 aromatic carbocycles. The minimum Gasteiger partial charge on any atom is -0.466 e. The number of hydrogen-bond acceptors (Lipinski definition) is 6. The quantitative estimate of drug-likeness (QED) is 0.446. The van der Waals surface area contributed by atoms with Gasteiger partial charge in [-0.25, -0.2) is 14.6 Å². The molecule has 1 aliphatic heterocycles. The molecule has 0 saturated carbocycles. The van der Waals surface area contributed by atoms with Crippen LogP contribution in [0.4, 0.5) is 5.82 Å². The number of carbonyl (C=O) groups is 1. The fourth-order valence-corrected chi connectivity index (χ4v) is 4.57. The standard InChI is InChI=1S/C26H30N6O2/c1-16(2)32-25-22(15-29-32)21(13-23(30-25)20-11-17(3)34-18(20)4)26(33)28-14-19-7-8-27-24(12-19)31-9-5-6-10-31/h7-8,11-13,15-16H,5-6,9-10,14H2,1-4H3,(H,28,33). The molecule has 0 aliphatic carbocycles. The molecule has 0 bridgehead atoms. The summed E-state index contributed by atoms with van der Waals surface area (Å²) in [6.45, 7) is 10.4. The summed E-state index contributed by atoms with van der Waals surface area (Å²) in [7, 11) is 0. The number of fused-ring (bicyclic) bond motifs is 1. The number of nitrogens with one attached hydrogen (secondary N) is 1. The van der Waals surface area contributed by atoms with Gasteiger partial charge in [-0.1, -0.05) is 0 Å². The summed E-state index contributed by atoms with van der Waals surface area (Å²) >= 11 is 0. The first kappa shape index (κ1) is 22.1. The molecule has 4 aromatic rings. The predicted octanol–water partition coefficient (Wildman–Crippen LogP) is 4.81. The molecular weight excluding hydrogens is 428 g/mol. The van der Waals surface area contributed by atoms with E-state index in [2.05, 4.69) is 40.2 Å². The molecule has 176 valence electrons. The van der Waals surface area contributed by atoms with Gasteiger partial charge < -0.3 is 14.6 Å². The molecule has 8 nitrogen and oxygen atoms in total. The highest BCUT2D eigenvalue weighted by atomic mass is 16.3. The number of amides is 1. The lowest BCUT2D eigenvalue weighted by atomic mass is 10.1. The third-order valence-electron chi connectivity index (χ3n) is 6.31. The third kappa shape index (κ3) is 4.16. The number of rotatable bonds is 6. The molecule has 5 heterocycles. The Morgan fingerprint density at radius 1 is 1.18 bits per heavy atom. The van der Waals surface area contributed by atoms with Crippen molar-refractivity contribution < 1.29 is 9.21 Å². The topological polar surface area (TPSA) is 89.1 Å². The van der Waals surface area contributed by atoms with Gasteiger partial charge in [0.1, 0.15) is 17.3 Å². The summed E-state index contributed by atoms with van der Waals surface area (Å²) in [5.74, 6) is 2.40. The number of aromatic nitrogens is 4. The zero-order chi connectivity index (χ0) is 23.8. The number of nitrogens with zero attached hydrogens (tertiary/aromatic N) is 5. The largest absolute Gasteiger partial charge is 0.466 e. The van der Waals surface area contributed by atoms with E-state index < -0.39 is 0 Å². The minimum atomic E-state index is -0.158. The Kier molecular flexibility index (Phi) is 5.81. The Bertz CT molecular complexity index is 1350. The zero-order valence-corrected chi connectivity index (χ0v) is 20.1. The molecule has 5 rings (SSSR count). The van der Waals surface area contributed by atoms with Crippen LogP contribution in [0.25, 0.3) is 22.3 Å². The molecule has 0 radical (unpaired) electrons. The second-order valence-corrected chi connectivity index (χ2v) is 9.20.